The maximum Gasteiger partial charge on any atom is 0.236 e. The number of thioether (sulfide) groups is 1. The smallest absolute Gasteiger partial charge is 0.236 e. The van der Waals surface area contributed by atoms with Crippen molar-refractivity contribution >= 4 is 52.3 Å². The Labute approximate surface area is 117 Å². The molecule has 0 radical (unpaired) electrons. The molecule has 1 aromatic rings. The number of carbonyl (C=O) groups excluding carboxylic acids is 1. The van der Waals surface area contributed by atoms with Crippen molar-refractivity contribution in [3.63, 3.8) is 0 Å². The van der Waals surface area contributed by atoms with Gasteiger partial charge in [0.1, 0.15) is 5.75 Å². The quantitative estimate of drug-likeness (QED) is 0.650. The van der Waals surface area contributed by atoms with Gasteiger partial charge in [0.2, 0.25) is 5.91 Å². The molecule has 1 saturated heterocycles. The van der Waals surface area contributed by atoms with Gasteiger partial charge >= 0.3 is 0 Å². The van der Waals surface area contributed by atoms with E-state index in [1.165, 1.54) is 30.1 Å². The Balaban J connectivity index is 2.17. The second-order valence-corrected chi connectivity index (χ2v) is 5.12. The summed E-state index contributed by atoms with van der Waals surface area (Å²) in [6.07, 6.45) is 1.31. The van der Waals surface area contributed by atoms with Crippen LogP contribution in [0.25, 0.3) is 0 Å². The zero-order valence-corrected chi connectivity index (χ0v) is 11.2. The molecule has 0 unspecified atom stereocenters. The number of nitrogens with zero attached hydrogens (tertiary/aromatic N) is 2. The zero-order chi connectivity index (χ0) is 13.1. The Kier molecular flexibility index (Phi) is 4.11. The number of benzene rings is 1. The number of halogens is 2. The molecule has 94 valence electrons. The van der Waals surface area contributed by atoms with Gasteiger partial charge in [-0.15, -0.1) is 5.10 Å². The predicted molar refractivity (Wildman–Crippen MR) is 73.8 cm³/mol. The molecule has 0 aromatic heterocycles. The normalized spacial score (nSPS) is 17.7. The summed E-state index contributed by atoms with van der Waals surface area (Å²) < 4.78 is 0. The van der Waals surface area contributed by atoms with Crippen LogP contribution in [0.1, 0.15) is 5.56 Å². The van der Waals surface area contributed by atoms with Crippen molar-refractivity contribution in [1.82, 2.24) is 5.32 Å². The Morgan fingerprint density at radius 1 is 1.44 bits per heavy atom. The van der Waals surface area contributed by atoms with Gasteiger partial charge in [-0.2, -0.15) is 5.10 Å². The van der Waals surface area contributed by atoms with Crippen LogP contribution in [-0.4, -0.2) is 28.1 Å². The topological polar surface area (TPSA) is 74.0 Å². The van der Waals surface area contributed by atoms with Crippen LogP contribution in [0.5, 0.6) is 5.75 Å². The highest BCUT2D eigenvalue weighted by atomic mass is 35.5. The van der Waals surface area contributed by atoms with Crippen LogP contribution >= 0.6 is 35.0 Å². The van der Waals surface area contributed by atoms with Crippen LogP contribution in [0.15, 0.2) is 22.3 Å². The number of nitrogens with one attached hydrogen (secondary N) is 1. The average molecular weight is 304 g/mol. The molecule has 0 atom stereocenters. The number of hydrogen-bond donors (Lipinski definition) is 2. The first-order valence-corrected chi connectivity index (χ1v) is 6.52. The van der Waals surface area contributed by atoms with Gasteiger partial charge in [-0.25, -0.2) is 0 Å². The summed E-state index contributed by atoms with van der Waals surface area (Å²) in [5, 5.41) is 20.7. The van der Waals surface area contributed by atoms with Crippen molar-refractivity contribution in [3.05, 3.63) is 27.7 Å². The molecule has 8 heteroatoms. The summed E-state index contributed by atoms with van der Waals surface area (Å²) in [5.41, 5.74) is 0.353. The van der Waals surface area contributed by atoms with Gasteiger partial charge in [0, 0.05) is 10.6 Å². The first-order valence-electron chi connectivity index (χ1n) is 4.78. The van der Waals surface area contributed by atoms with E-state index in [0.29, 0.717) is 21.5 Å². The van der Waals surface area contributed by atoms with Crippen molar-refractivity contribution in [1.29, 1.82) is 0 Å². The van der Waals surface area contributed by atoms with Crippen molar-refractivity contribution in [3.8, 4) is 5.75 Å². The predicted octanol–water partition coefficient (Wildman–Crippen LogP) is 2.25. The van der Waals surface area contributed by atoms with Crippen molar-refractivity contribution < 1.29 is 9.90 Å². The number of rotatable bonds is 2. The van der Waals surface area contributed by atoms with Gasteiger partial charge in [0.15, 0.2) is 5.17 Å². The molecule has 1 fully saturated rings. The third-order valence-corrected chi connectivity index (χ3v) is 3.36. The number of aromatic hydroxyl groups is 1. The number of hydrogen-bond acceptors (Lipinski definition) is 5. The van der Waals surface area contributed by atoms with E-state index in [2.05, 4.69) is 15.5 Å². The average Bonchev–Trinajstić information content (AvgIpc) is 2.71. The van der Waals surface area contributed by atoms with E-state index >= 15 is 0 Å². The fourth-order valence-electron chi connectivity index (χ4n) is 1.21. The van der Waals surface area contributed by atoms with Gasteiger partial charge in [0.25, 0.3) is 0 Å². The second-order valence-electron chi connectivity index (χ2n) is 3.31. The maximum atomic E-state index is 10.9. The van der Waals surface area contributed by atoms with Gasteiger partial charge in [-0.1, -0.05) is 35.0 Å². The summed E-state index contributed by atoms with van der Waals surface area (Å²) in [6, 6.07) is 2.93. The van der Waals surface area contributed by atoms with E-state index in [-0.39, 0.29) is 16.7 Å². The van der Waals surface area contributed by atoms with Gasteiger partial charge < -0.3 is 10.4 Å². The Morgan fingerprint density at radius 3 is 2.89 bits per heavy atom. The van der Waals surface area contributed by atoms with Gasteiger partial charge in [-0.3, -0.25) is 4.79 Å². The molecule has 0 saturated carbocycles. The first-order chi connectivity index (χ1) is 8.56. The third kappa shape index (κ3) is 3.16. The molecule has 1 aromatic carbocycles. The highest BCUT2D eigenvalue weighted by Gasteiger charge is 2.16. The van der Waals surface area contributed by atoms with Crippen molar-refractivity contribution in [2.24, 2.45) is 10.2 Å². The van der Waals surface area contributed by atoms with E-state index in [1.54, 1.807) is 0 Å². The molecule has 2 rings (SSSR count). The number of carbonyl (C=O) groups is 1. The lowest BCUT2D eigenvalue weighted by Gasteiger charge is -2.01. The van der Waals surface area contributed by atoms with Crippen molar-refractivity contribution in [2.75, 3.05) is 5.75 Å². The zero-order valence-electron chi connectivity index (χ0n) is 8.85. The molecule has 0 bridgehead atoms. The first kappa shape index (κ1) is 13.2. The Hall–Kier alpha value is -1.24. The van der Waals surface area contributed by atoms with Crippen LogP contribution in [0.3, 0.4) is 0 Å². The molecule has 2 N–H and O–H groups in total. The SMILES string of the molecule is O=C1CS/C(=N/N=Cc2cc(Cl)cc(Cl)c2O)N1. The van der Waals surface area contributed by atoms with Gasteiger partial charge in [-0.05, 0) is 12.1 Å². The summed E-state index contributed by atoms with van der Waals surface area (Å²) >= 11 is 12.8. The lowest BCUT2D eigenvalue weighted by Crippen LogP contribution is -2.19. The molecule has 18 heavy (non-hydrogen) atoms. The molecule has 5 nitrogen and oxygen atoms in total. The summed E-state index contributed by atoms with van der Waals surface area (Å²) in [6.45, 7) is 0. The van der Waals surface area contributed by atoms with Crippen LogP contribution in [0, 0.1) is 0 Å². The summed E-state index contributed by atoms with van der Waals surface area (Å²) in [4.78, 5) is 10.9. The summed E-state index contributed by atoms with van der Waals surface area (Å²) in [7, 11) is 0. The molecule has 1 aliphatic heterocycles. The largest absolute Gasteiger partial charge is 0.506 e. The fourth-order valence-corrected chi connectivity index (χ4v) is 2.35. The Morgan fingerprint density at radius 2 is 2.22 bits per heavy atom. The van der Waals surface area contributed by atoms with Crippen LogP contribution < -0.4 is 5.32 Å². The van der Waals surface area contributed by atoms with E-state index in [0.717, 1.165) is 0 Å². The molecule has 0 aliphatic carbocycles. The lowest BCUT2D eigenvalue weighted by atomic mass is 10.2. The monoisotopic (exact) mass is 303 g/mol. The van der Waals surface area contributed by atoms with Crippen LogP contribution in [0.4, 0.5) is 0 Å². The highest BCUT2D eigenvalue weighted by Crippen LogP contribution is 2.29. The van der Waals surface area contributed by atoms with Crippen molar-refractivity contribution in [2.45, 2.75) is 0 Å². The minimum atomic E-state index is -0.117. The number of amidine groups is 1. The van der Waals surface area contributed by atoms with Gasteiger partial charge in [0.05, 0.1) is 17.0 Å². The van der Waals surface area contributed by atoms with E-state index in [9.17, 15) is 9.90 Å². The number of amides is 1. The summed E-state index contributed by atoms with van der Waals surface area (Å²) in [5.74, 6) is 0.110. The Bertz CT molecular complexity index is 560. The fraction of sp³-hybridized carbons (Fsp3) is 0.100. The molecule has 1 amide bonds. The van der Waals surface area contributed by atoms with Crippen LogP contribution in [0.2, 0.25) is 10.0 Å². The molecular weight excluding hydrogens is 297 g/mol. The van der Waals surface area contributed by atoms with Crippen LogP contribution in [-0.2, 0) is 4.79 Å². The third-order valence-electron chi connectivity index (χ3n) is 1.99. The molecule has 1 aliphatic rings. The number of phenolic OH excluding ortho intramolecular Hbond substituents is 1. The molecule has 0 spiro atoms. The standard InChI is InChI=1S/C10H7Cl2N3O2S/c11-6-1-5(9(17)7(12)2-6)3-13-15-10-14-8(16)4-18-10/h1-3,17H,4H2,(H,14,15,16). The van der Waals surface area contributed by atoms with E-state index < -0.39 is 0 Å². The minimum absolute atomic E-state index is 0.109. The number of phenols is 1. The minimum Gasteiger partial charge on any atom is -0.506 e. The molecule has 1 heterocycles. The molecular formula is C10H7Cl2N3O2S. The van der Waals surface area contributed by atoms with E-state index in [1.807, 2.05) is 0 Å². The lowest BCUT2D eigenvalue weighted by molar-refractivity contribution is -0.116. The highest BCUT2D eigenvalue weighted by molar-refractivity contribution is 8.15. The van der Waals surface area contributed by atoms with E-state index in [4.69, 9.17) is 23.2 Å². The maximum absolute atomic E-state index is 10.9. The second kappa shape index (κ2) is 5.60.